The van der Waals surface area contributed by atoms with E-state index in [1.807, 2.05) is 0 Å². The predicted octanol–water partition coefficient (Wildman–Crippen LogP) is 1.00. The van der Waals surface area contributed by atoms with Gasteiger partial charge in [-0.3, -0.25) is 19.3 Å². The van der Waals surface area contributed by atoms with Crippen molar-refractivity contribution in [2.75, 3.05) is 13.7 Å². The Balaban J connectivity index is 1.58. The van der Waals surface area contributed by atoms with Gasteiger partial charge in [0.1, 0.15) is 11.8 Å². The van der Waals surface area contributed by atoms with Crippen molar-refractivity contribution in [3.63, 3.8) is 0 Å². The zero-order chi connectivity index (χ0) is 18.4. The summed E-state index contributed by atoms with van der Waals surface area (Å²) in [5, 5.41) is 0. The summed E-state index contributed by atoms with van der Waals surface area (Å²) in [5.74, 6) is -1.92. The Labute approximate surface area is 147 Å². The molecule has 2 aliphatic heterocycles. The number of methoxy groups -OCH3 is 1. The van der Waals surface area contributed by atoms with Gasteiger partial charge in [-0.2, -0.15) is 0 Å². The van der Waals surface area contributed by atoms with E-state index in [4.69, 9.17) is 9.15 Å². The molecule has 2 unspecified atom stereocenters. The number of furan rings is 1. The summed E-state index contributed by atoms with van der Waals surface area (Å²) in [4.78, 5) is 52.0. The van der Waals surface area contributed by atoms with E-state index < -0.39 is 35.8 Å². The molecule has 0 aliphatic carbocycles. The second-order valence-electron chi connectivity index (χ2n) is 5.97. The quantitative estimate of drug-likeness (QED) is 0.462. The van der Waals surface area contributed by atoms with E-state index >= 15 is 0 Å². The zero-order valence-electron chi connectivity index (χ0n) is 13.7. The van der Waals surface area contributed by atoms with Gasteiger partial charge in [0.15, 0.2) is 6.04 Å². The predicted molar refractivity (Wildman–Crippen MR) is 85.9 cm³/mol. The van der Waals surface area contributed by atoms with Crippen molar-refractivity contribution >= 4 is 23.7 Å². The van der Waals surface area contributed by atoms with E-state index in [1.54, 1.807) is 36.4 Å². The molecule has 0 spiro atoms. The third kappa shape index (κ3) is 2.15. The van der Waals surface area contributed by atoms with E-state index in [-0.39, 0.29) is 23.4 Å². The van der Waals surface area contributed by atoms with Crippen LogP contribution in [0.3, 0.4) is 0 Å². The van der Waals surface area contributed by atoms with E-state index in [0.717, 1.165) is 4.90 Å². The summed E-state index contributed by atoms with van der Waals surface area (Å²) in [6, 6.07) is 7.59. The number of ether oxygens (including phenoxy) is 1. The van der Waals surface area contributed by atoms with Crippen LogP contribution in [0.2, 0.25) is 0 Å². The molecule has 132 valence electrons. The number of nitrogens with zero attached hydrogens (tertiary/aromatic N) is 2. The summed E-state index contributed by atoms with van der Waals surface area (Å²) in [7, 11) is 1.21. The van der Waals surface area contributed by atoms with Gasteiger partial charge in [0, 0.05) is 0 Å². The van der Waals surface area contributed by atoms with Gasteiger partial charge in [-0.15, -0.1) is 0 Å². The van der Waals surface area contributed by atoms with Crippen molar-refractivity contribution in [1.29, 1.82) is 0 Å². The molecule has 8 heteroatoms. The molecule has 0 N–H and O–H groups in total. The van der Waals surface area contributed by atoms with E-state index in [9.17, 15) is 19.2 Å². The Bertz CT molecular complexity index is 885. The second-order valence-corrected chi connectivity index (χ2v) is 5.97. The molecule has 3 heterocycles. The van der Waals surface area contributed by atoms with E-state index in [1.165, 1.54) is 18.3 Å². The van der Waals surface area contributed by atoms with Crippen LogP contribution < -0.4 is 0 Å². The first-order valence-electron chi connectivity index (χ1n) is 7.93. The lowest BCUT2D eigenvalue weighted by Gasteiger charge is -2.44. The average Bonchev–Trinajstić information content (AvgIpc) is 3.26. The molecule has 1 aromatic carbocycles. The lowest BCUT2D eigenvalue weighted by atomic mass is 10.0. The number of carbonyl (C=O) groups excluding carboxylic acids is 4. The van der Waals surface area contributed by atoms with Gasteiger partial charge >= 0.3 is 5.97 Å². The minimum atomic E-state index is -1.05. The normalized spacial score (nSPS) is 20.0. The van der Waals surface area contributed by atoms with Crippen LogP contribution in [0.15, 0.2) is 47.1 Å². The molecule has 1 saturated heterocycles. The van der Waals surface area contributed by atoms with Crippen LogP contribution in [0.25, 0.3) is 0 Å². The Morgan fingerprint density at radius 3 is 2.27 bits per heavy atom. The van der Waals surface area contributed by atoms with Crippen LogP contribution in [0.5, 0.6) is 0 Å². The number of imide groups is 1. The molecular weight excluding hydrogens is 340 g/mol. The summed E-state index contributed by atoms with van der Waals surface area (Å²) in [6.07, 6.45) is 1.39. The first-order chi connectivity index (χ1) is 12.5. The number of esters is 1. The zero-order valence-corrected chi connectivity index (χ0v) is 13.7. The fourth-order valence-electron chi connectivity index (χ4n) is 3.30. The first-order valence-corrected chi connectivity index (χ1v) is 7.93. The highest BCUT2D eigenvalue weighted by Crippen LogP contribution is 2.34. The third-order valence-electron chi connectivity index (χ3n) is 4.62. The molecule has 0 bridgehead atoms. The minimum absolute atomic E-state index is 0.0325. The van der Waals surface area contributed by atoms with Gasteiger partial charge in [-0.1, -0.05) is 12.1 Å². The number of likely N-dealkylation sites (tertiary alicyclic amines) is 1. The monoisotopic (exact) mass is 354 g/mol. The number of carbonyl (C=O) groups is 4. The molecule has 4 rings (SSSR count). The fraction of sp³-hybridized carbons (Fsp3) is 0.222. The van der Waals surface area contributed by atoms with Crippen LogP contribution in [0.4, 0.5) is 0 Å². The molecule has 3 amide bonds. The van der Waals surface area contributed by atoms with Gasteiger partial charge in [0.25, 0.3) is 11.8 Å². The number of β-lactam (4-membered cyclic amide) rings is 1. The maximum absolute atomic E-state index is 12.7. The standard InChI is InChI=1S/C18H14N2O6/c1-25-18(24)14(13-7-4-8-26-13)19-9-12(17(19)23)20-15(21)10-5-2-3-6-11(10)16(20)22/h2-8,12,14H,9H2,1H3. The van der Waals surface area contributed by atoms with Gasteiger partial charge in [-0.25, -0.2) is 4.79 Å². The second kappa shape index (κ2) is 5.83. The molecule has 2 aromatic rings. The highest BCUT2D eigenvalue weighted by molar-refractivity contribution is 6.23. The first kappa shape index (κ1) is 16.1. The Kier molecular flexibility index (Phi) is 3.61. The molecule has 26 heavy (non-hydrogen) atoms. The maximum Gasteiger partial charge on any atom is 0.336 e. The third-order valence-corrected chi connectivity index (χ3v) is 4.62. The molecule has 0 radical (unpaired) electrons. The van der Waals surface area contributed by atoms with Crippen molar-refractivity contribution in [2.24, 2.45) is 0 Å². The molecule has 2 atom stereocenters. The number of benzene rings is 1. The summed E-state index contributed by atoms with van der Waals surface area (Å²) in [5.41, 5.74) is 0.554. The van der Waals surface area contributed by atoms with Crippen LogP contribution in [0.1, 0.15) is 32.5 Å². The minimum Gasteiger partial charge on any atom is -0.467 e. The molecule has 1 fully saturated rings. The van der Waals surface area contributed by atoms with Crippen molar-refractivity contribution in [2.45, 2.75) is 12.1 Å². The van der Waals surface area contributed by atoms with Gasteiger partial charge < -0.3 is 14.1 Å². The van der Waals surface area contributed by atoms with Crippen molar-refractivity contribution in [3.05, 3.63) is 59.5 Å². The summed E-state index contributed by atoms with van der Waals surface area (Å²) in [6.45, 7) is 0.0325. The number of hydrogen-bond acceptors (Lipinski definition) is 6. The molecular formula is C18H14N2O6. The maximum atomic E-state index is 12.7. The molecule has 2 aliphatic rings. The van der Waals surface area contributed by atoms with Gasteiger partial charge in [-0.05, 0) is 24.3 Å². The molecule has 1 aromatic heterocycles. The van der Waals surface area contributed by atoms with Crippen LogP contribution in [-0.2, 0) is 14.3 Å². The number of hydrogen-bond donors (Lipinski definition) is 0. The van der Waals surface area contributed by atoms with Gasteiger partial charge in [0.2, 0.25) is 5.91 Å². The van der Waals surface area contributed by atoms with Crippen LogP contribution in [0, 0.1) is 0 Å². The van der Waals surface area contributed by atoms with Crippen LogP contribution >= 0.6 is 0 Å². The SMILES string of the molecule is COC(=O)C(c1ccco1)N1CC(N2C(=O)c3ccccc3C2=O)C1=O. The van der Waals surface area contributed by atoms with Crippen molar-refractivity contribution in [1.82, 2.24) is 9.80 Å². The summed E-state index contributed by atoms with van der Waals surface area (Å²) >= 11 is 0. The lowest BCUT2D eigenvalue weighted by Crippen LogP contribution is -2.66. The number of amides is 3. The lowest BCUT2D eigenvalue weighted by molar-refractivity contribution is -0.164. The Morgan fingerprint density at radius 1 is 1.12 bits per heavy atom. The number of rotatable bonds is 4. The smallest absolute Gasteiger partial charge is 0.336 e. The Hall–Kier alpha value is -3.42. The topological polar surface area (TPSA) is 97.1 Å². The van der Waals surface area contributed by atoms with Crippen LogP contribution in [-0.4, -0.2) is 53.2 Å². The van der Waals surface area contributed by atoms with Crippen molar-refractivity contribution in [3.8, 4) is 0 Å². The largest absolute Gasteiger partial charge is 0.467 e. The highest BCUT2D eigenvalue weighted by Gasteiger charge is 2.53. The summed E-state index contributed by atoms with van der Waals surface area (Å²) < 4.78 is 9.99. The van der Waals surface area contributed by atoms with Gasteiger partial charge in [0.05, 0.1) is 31.0 Å². The molecule has 8 nitrogen and oxygen atoms in total. The molecule has 0 saturated carbocycles. The highest BCUT2D eigenvalue weighted by atomic mass is 16.5. The average molecular weight is 354 g/mol. The fourth-order valence-corrected chi connectivity index (χ4v) is 3.30. The number of fused-ring (bicyclic) bond motifs is 1. The van der Waals surface area contributed by atoms with E-state index in [0.29, 0.717) is 0 Å². The van der Waals surface area contributed by atoms with E-state index in [2.05, 4.69) is 0 Å². The van der Waals surface area contributed by atoms with Crippen molar-refractivity contribution < 1.29 is 28.3 Å². The Morgan fingerprint density at radius 2 is 1.77 bits per heavy atom.